The van der Waals surface area contributed by atoms with Crippen LogP contribution >= 0.6 is 0 Å². The predicted molar refractivity (Wildman–Crippen MR) is 358 cm³/mol. The van der Waals surface area contributed by atoms with Crippen LogP contribution in [0.1, 0.15) is 387 Å². The van der Waals surface area contributed by atoms with Crippen molar-refractivity contribution in [2.75, 3.05) is 13.2 Å². The summed E-state index contributed by atoms with van der Waals surface area (Å²) in [5, 5.41) is 0. The summed E-state index contributed by atoms with van der Waals surface area (Å²) in [6.07, 6.45) is 91.1. The third kappa shape index (κ3) is 67.9. The molecule has 0 aliphatic rings. The van der Waals surface area contributed by atoms with Crippen LogP contribution in [0, 0.1) is 0 Å². The topological polar surface area (TPSA) is 78.9 Å². The Balaban J connectivity index is 4.20. The van der Waals surface area contributed by atoms with Crippen LogP contribution in [0.3, 0.4) is 0 Å². The Labute approximate surface area is 510 Å². The van der Waals surface area contributed by atoms with Crippen molar-refractivity contribution in [3.05, 3.63) is 60.8 Å². The van der Waals surface area contributed by atoms with E-state index in [2.05, 4.69) is 81.5 Å². The molecule has 0 amide bonds. The number of ether oxygens (including phenoxy) is 3. The summed E-state index contributed by atoms with van der Waals surface area (Å²) in [4.78, 5) is 38.5. The first-order chi connectivity index (χ1) is 40.5. The second kappa shape index (κ2) is 70.6. The highest BCUT2D eigenvalue weighted by Gasteiger charge is 2.19. The van der Waals surface area contributed by atoms with Crippen molar-refractivity contribution in [3.63, 3.8) is 0 Å². The molecule has 1 atom stereocenters. The van der Waals surface area contributed by atoms with E-state index in [9.17, 15) is 14.4 Å². The van der Waals surface area contributed by atoms with Crippen LogP contribution in [0.25, 0.3) is 0 Å². The minimum Gasteiger partial charge on any atom is -0.462 e. The SMILES string of the molecule is CC/C=C\C/C=C\C/C=C\C/C=C\C/C=C\CCCCCCCCCCCCCCCCCC(=O)OCC(COC(=O)CCCCCCCCCCCCCCCCC)OC(=O)CCCCCCCCCCCCCCCCCCCC. The third-order valence-electron chi connectivity index (χ3n) is 16.3. The molecule has 0 fully saturated rings. The minimum atomic E-state index is -0.770. The van der Waals surface area contributed by atoms with Crippen LogP contribution < -0.4 is 0 Å². The molecule has 0 heterocycles. The van der Waals surface area contributed by atoms with Gasteiger partial charge in [0, 0.05) is 19.3 Å². The maximum Gasteiger partial charge on any atom is 0.306 e. The molecule has 6 heteroatoms. The quantitative estimate of drug-likeness (QED) is 0.0261. The van der Waals surface area contributed by atoms with Gasteiger partial charge in [-0.05, 0) is 64.2 Å². The molecule has 0 aromatic rings. The zero-order chi connectivity index (χ0) is 59.2. The third-order valence-corrected chi connectivity index (χ3v) is 16.3. The lowest BCUT2D eigenvalue weighted by molar-refractivity contribution is -0.167. The summed E-state index contributed by atoms with van der Waals surface area (Å²) in [6, 6.07) is 0. The highest BCUT2D eigenvalue weighted by atomic mass is 16.6. The maximum absolute atomic E-state index is 13.0. The van der Waals surface area contributed by atoms with E-state index >= 15 is 0 Å². The number of rotatable bonds is 67. The van der Waals surface area contributed by atoms with E-state index in [4.69, 9.17) is 14.2 Å². The molecule has 478 valence electrons. The number of unbranched alkanes of at least 4 members (excludes halogenated alkanes) is 46. The maximum atomic E-state index is 13.0. The molecule has 0 rings (SSSR count). The molecule has 0 radical (unpaired) electrons. The van der Waals surface area contributed by atoms with E-state index in [1.54, 1.807) is 0 Å². The molecule has 0 aliphatic heterocycles. The zero-order valence-electron chi connectivity index (χ0n) is 55.0. The molecule has 0 aliphatic carbocycles. The Bertz CT molecular complexity index is 1460. The molecule has 0 aromatic heterocycles. The van der Waals surface area contributed by atoms with Gasteiger partial charge in [0.25, 0.3) is 0 Å². The summed E-state index contributed by atoms with van der Waals surface area (Å²) in [5.41, 5.74) is 0. The average molecular weight is 1150 g/mol. The number of allylic oxidation sites excluding steroid dienone is 10. The van der Waals surface area contributed by atoms with Crippen molar-refractivity contribution < 1.29 is 28.6 Å². The Morgan fingerprint density at radius 1 is 0.256 bits per heavy atom. The lowest BCUT2D eigenvalue weighted by atomic mass is 10.0. The molecule has 0 spiro atoms. The fourth-order valence-corrected chi connectivity index (χ4v) is 10.9. The van der Waals surface area contributed by atoms with Gasteiger partial charge < -0.3 is 14.2 Å². The van der Waals surface area contributed by atoms with Gasteiger partial charge in [-0.1, -0.05) is 364 Å². The molecule has 82 heavy (non-hydrogen) atoms. The standard InChI is InChI=1S/C76H138O6/c1-4-7-10-13-16-19-22-25-28-30-32-33-34-35-36-37-38-39-40-41-42-43-44-46-48-51-54-57-60-63-66-69-75(78)81-72-73(71-80-74(77)68-65-62-59-56-53-50-47-27-24-21-18-15-12-9-6-3)82-76(79)70-67-64-61-58-55-52-49-45-31-29-26-23-20-17-14-11-8-5-2/h7,10,16,19,25,28,32-33,35-36,73H,4-6,8-9,11-15,17-18,20-24,26-27,29-31,34,37-72H2,1-3H3/b10-7-,19-16-,28-25-,33-32-,36-35-. The van der Waals surface area contributed by atoms with Gasteiger partial charge in [0.05, 0.1) is 0 Å². The van der Waals surface area contributed by atoms with Gasteiger partial charge >= 0.3 is 17.9 Å². The first-order valence-electron chi connectivity index (χ1n) is 36.3. The van der Waals surface area contributed by atoms with E-state index < -0.39 is 6.10 Å². The molecule has 0 saturated carbocycles. The fraction of sp³-hybridized carbons (Fsp3) is 0.829. The van der Waals surface area contributed by atoms with Gasteiger partial charge in [0.15, 0.2) is 6.10 Å². The Kier molecular flexibility index (Phi) is 68.1. The molecule has 0 N–H and O–H groups in total. The van der Waals surface area contributed by atoms with Gasteiger partial charge in [0.1, 0.15) is 13.2 Å². The van der Waals surface area contributed by atoms with Crippen LogP contribution in [-0.2, 0) is 28.6 Å². The van der Waals surface area contributed by atoms with Crippen molar-refractivity contribution in [3.8, 4) is 0 Å². The van der Waals surface area contributed by atoms with Crippen LogP contribution in [0.15, 0.2) is 60.8 Å². The van der Waals surface area contributed by atoms with Crippen molar-refractivity contribution >= 4 is 17.9 Å². The van der Waals surface area contributed by atoms with Crippen LogP contribution in [0.5, 0.6) is 0 Å². The summed E-state index contributed by atoms with van der Waals surface area (Å²) < 4.78 is 17.0. The second-order valence-electron chi connectivity index (χ2n) is 24.5. The van der Waals surface area contributed by atoms with Crippen LogP contribution in [0.4, 0.5) is 0 Å². The van der Waals surface area contributed by atoms with E-state index in [-0.39, 0.29) is 31.1 Å². The van der Waals surface area contributed by atoms with Crippen LogP contribution in [-0.4, -0.2) is 37.2 Å². The highest BCUT2D eigenvalue weighted by molar-refractivity contribution is 5.71. The minimum absolute atomic E-state index is 0.0663. The number of carbonyl (C=O) groups excluding carboxylic acids is 3. The van der Waals surface area contributed by atoms with Gasteiger partial charge in [-0.25, -0.2) is 0 Å². The van der Waals surface area contributed by atoms with Gasteiger partial charge in [-0.3, -0.25) is 14.4 Å². The number of esters is 3. The van der Waals surface area contributed by atoms with E-state index in [1.165, 1.54) is 257 Å². The highest BCUT2D eigenvalue weighted by Crippen LogP contribution is 2.19. The molecule has 1 unspecified atom stereocenters. The summed E-state index contributed by atoms with van der Waals surface area (Å²) in [6.45, 7) is 6.60. The van der Waals surface area contributed by atoms with E-state index in [0.717, 1.165) is 89.9 Å². The summed E-state index contributed by atoms with van der Waals surface area (Å²) >= 11 is 0. The molecule has 0 bridgehead atoms. The van der Waals surface area contributed by atoms with Gasteiger partial charge in [-0.15, -0.1) is 0 Å². The largest absolute Gasteiger partial charge is 0.462 e. The number of carbonyl (C=O) groups is 3. The number of hydrogen-bond acceptors (Lipinski definition) is 6. The van der Waals surface area contributed by atoms with Crippen molar-refractivity contribution in [2.24, 2.45) is 0 Å². The second-order valence-corrected chi connectivity index (χ2v) is 24.5. The molecular formula is C76H138O6. The smallest absolute Gasteiger partial charge is 0.306 e. The molecular weight excluding hydrogens is 1010 g/mol. The molecule has 0 saturated heterocycles. The summed E-state index contributed by atoms with van der Waals surface area (Å²) in [7, 11) is 0. The van der Waals surface area contributed by atoms with Crippen molar-refractivity contribution in [1.82, 2.24) is 0 Å². The van der Waals surface area contributed by atoms with Gasteiger partial charge in [0.2, 0.25) is 0 Å². The fourth-order valence-electron chi connectivity index (χ4n) is 10.9. The van der Waals surface area contributed by atoms with E-state index in [0.29, 0.717) is 19.3 Å². The van der Waals surface area contributed by atoms with Gasteiger partial charge in [-0.2, -0.15) is 0 Å². The molecule has 0 aromatic carbocycles. The summed E-state index contributed by atoms with van der Waals surface area (Å²) in [5.74, 6) is -0.836. The first-order valence-corrected chi connectivity index (χ1v) is 36.3. The monoisotopic (exact) mass is 1150 g/mol. The van der Waals surface area contributed by atoms with Crippen molar-refractivity contribution in [1.29, 1.82) is 0 Å². The average Bonchev–Trinajstić information content (AvgIpc) is 3.47. The zero-order valence-corrected chi connectivity index (χ0v) is 55.0. The predicted octanol–water partition coefficient (Wildman–Crippen LogP) is 25.1. The van der Waals surface area contributed by atoms with Crippen molar-refractivity contribution in [2.45, 2.75) is 393 Å². The lowest BCUT2D eigenvalue weighted by Gasteiger charge is -2.18. The number of hydrogen-bond donors (Lipinski definition) is 0. The Morgan fingerprint density at radius 2 is 0.476 bits per heavy atom. The van der Waals surface area contributed by atoms with Crippen LogP contribution in [0.2, 0.25) is 0 Å². The Hall–Kier alpha value is -2.89. The Morgan fingerprint density at radius 3 is 0.744 bits per heavy atom. The van der Waals surface area contributed by atoms with E-state index in [1.807, 2.05) is 0 Å². The first kappa shape index (κ1) is 79.1. The molecule has 6 nitrogen and oxygen atoms in total. The lowest BCUT2D eigenvalue weighted by Crippen LogP contribution is -2.30. The normalized spacial score (nSPS) is 12.4.